The Morgan fingerprint density at radius 2 is 2.09 bits per heavy atom. The Kier molecular flexibility index (Phi) is 5.39. The van der Waals surface area contributed by atoms with E-state index >= 15 is 0 Å². The molecule has 2 fully saturated rings. The molecule has 1 heterocycles. The van der Waals surface area contributed by atoms with Crippen LogP contribution >= 0.6 is 0 Å². The highest BCUT2D eigenvalue weighted by Gasteiger charge is 2.31. The average Bonchev–Trinajstić information content (AvgIpc) is 3.02. The van der Waals surface area contributed by atoms with Gasteiger partial charge in [-0.15, -0.1) is 0 Å². The highest BCUT2D eigenvalue weighted by atomic mass is 16.5. The third kappa shape index (κ3) is 3.96. The van der Waals surface area contributed by atoms with Gasteiger partial charge in [-0.3, -0.25) is 9.69 Å². The normalized spacial score (nSPS) is 24.0. The van der Waals surface area contributed by atoms with E-state index in [9.17, 15) is 4.79 Å². The van der Waals surface area contributed by atoms with E-state index in [1.165, 1.54) is 31.5 Å². The molecule has 1 aliphatic carbocycles. The number of nitrogens with zero attached hydrogens (tertiary/aromatic N) is 1. The Bertz CT molecular complexity index is 523. The minimum Gasteiger partial charge on any atom is -0.493 e. The molecule has 1 amide bonds. The number of hydrogen-bond donors (Lipinski definition) is 1. The number of hydrogen-bond acceptors (Lipinski definition) is 4. The van der Waals surface area contributed by atoms with Gasteiger partial charge in [-0.25, -0.2) is 0 Å². The van der Waals surface area contributed by atoms with Gasteiger partial charge in [-0.05, 0) is 50.8 Å². The number of rotatable bonds is 8. The molecule has 1 N–H and O–H groups in total. The second kappa shape index (κ2) is 7.68. The SMILES string of the molecule is COc1c(CN2CCCC2)cccc1OC1CC(CNC=O)C1. The predicted octanol–water partition coefficient (Wildman–Crippen LogP) is 2.19. The molecule has 3 rings (SSSR count). The fourth-order valence-corrected chi connectivity index (χ4v) is 3.52. The fraction of sp³-hybridized carbons (Fsp3) is 0.611. The number of likely N-dealkylation sites (tertiary alicyclic amines) is 1. The van der Waals surface area contributed by atoms with Crippen LogP contribution in [0.5, 0.6) is 11.5 Å². The van der Waals surface area contributed by atoms with Crippen molar-refractivity contribution in [3.63, 3.8) is 0 Å². The molecule has 5 heteroatoms. The molecule has 0 spiro atoms. The van der Waals surface area contributed by atoms with E-state index in [1.807, 2.05) is 12.1 Å². The van der Waals surface area contributed by atoms with Gasteiger partial charge in [0.2, 0.25) is 6.41 Å². The van der Waals surface area contributed by atoms with Crippen molar-refractivity contribution < 1.29 is 14.3 Å². The molecule has 23 heavy (non-hydrogen) atoms. The number of benzene rings is 1. The van der Waals surface area contributed by atoms with E-state index in [0.29, 0.717) is 5.92 Å². The second-order valence-electron chi connectivity index (χ2n) is 6.54. The van der Waals surface area contributed by atoms with Crippen LogP contribution in [-0.4, -0.2) is 44.2 Å². The van der Waals surface area contributed by atoms with Crippen LogP contribution in [0.15, 0.2) is 18.2 Å². The summed E-state index contributed by atoms with van der Waals surface area (Å²) in [5.74, 6) is 2.24. The highest BCUT2D eigenvalue weighted by Crippen LogP contribution is 2.37. The molecular weight excluding hydrogens is 292 g/mol. The van der Waals surface area contributed by atoms with Crippen molar-refractivity contribution in [1.29, 1.82) is 0 Å². The first-order chi connectivity index (χ1) is 11.3. The molecule has 0 radical (unpaired) electrons. The van der Waals surface area contributed by atoms with Crippen LogP contribution in [-0.2, 0) is 11.3 Å². The van der Waals surface area contributed by atoms with Crippen LogP contribution in [0.3, 0.4) is 0 Å². The molecule has 1 aliphatic heterocycles. The molecule has 0 unspecified atom stereocenters. The van der Waals surface area contributed by atoms with Gasteiger partial charge in [0.05, 0.1) is 13.2 Å². The molecule has 1 saturated heterocycles. The minimum absolute atomic E-state index is 0.226. The third-order valence-electron chi connectivity index (χ3n) is 4.83. The zero-order valence-electron chi connectivity index (χ0n) is 13.8. The van der Waals surface area contributed by atoms with Gasteiger partial charge in [0.1, 0.15) is 0 Å². The predicted molar refractivity (Wildman–Crippen MR) is 88.7 cm³/mol. The van der Waals surface area contributed by atoms with E-state index in [2.05, 4.69) is 16.3 Å². The Morgan fingerprint density at radius 3 is 2.78 bits per heavy atom. The first-order valence-electron chi connectivity index (χ1n) is 8.52. The Labute approximate surface area is 137 Å². The van der Waals surface area contributed by atoms with Crippen molar-refractivity contribution in [2.24, 2.45) is 5.92 Å². The summed E-state index contributed by atoms with van der Waals surface area (Å²) in [5, 5.41) is 2.74. The van der Waals surface area contributed by atoms with Crippen LogP contribution < -0.4 is 14.8 Å². The monoisotopic (exact) mass is 318 g/mol. The largest absolute Gasteiger partial charge is 0.493 e. The number of carbonyl (C=O) groups excluding carboxylic acids is 1. The quantitative estimate of drug-likeness (QED) is 0.747. The summed E-state index contributed by atoms with van der Waals surface area (Å²) in [7, 11) is 1.72. The topological polar surface area (TPSA) is 50.8 Å². The lowest BCUT2D eigenvalue weighted by molar-refractivity contribution is -0.110. The van der Waals surface area contributed by atoms with Crippen LogP contribution in [0, 0.1) is 5.92 Å². The minimum atomic E-state index is 0.226. The summed E-state index contributed by atoms with van der Waals surface area (Å²) in [6.45, 7) is 4.01. The number of para-hydroxylation sites is 1. The first-order valence-corrected chi connectivity index (χ1v) is 8.52. The molecule has 1 aromatic rings. The number of amides is 1. The lowest BCUT2D eigenvalue weighted by Crippen LogP contribution is -2.39. The highest BCUT2D eigenvalue weighted by molar-refractivity contribution is 5.47. The fourth-order valence-electron chi connectivity index (χ4n) is 3.52. The summed E-state index contributed by atoms with van der Waals surface area (Å²) in [5.41, 5.74) is 1.20. The van der Waals surface area contributed by atoms with Crippen LogP contribution in [0.2, 0.25) is 0 Å². The number of ether oxygens (including phenoxy) is 2. The molecule has 126 valence electrons. The number of nitrogens with one attached hydrogen (secondary N) is 1. The van der Waals surface area contributed by atoms with Gasteiger partial charge in [-0.1, -0.05) is 12.1 Å². The lowest BCUT2D eigenvalue weighted by Gasteiger charge is -2.35. The van der Waals surface area contributed by atoms with Crippen molar-refractivity contribution in [2.45, 2.75) is 38.3 Å². The average molecular weight is 318 g/mol. The van der Waals surface area contributed by atoms with Gasteiger partial charge in [0.25, 0.3) is 0 Å². The third-order valence-corrected chi connectivity index (χ3v) is 4.83. The van der Waals surface area contributed by atoms with Crippen LogP contribution in [0.1, 0.15) is 31.2 Å². The summed E-state index contributed by atoms with van der Waals surface area (Å²) in [6.07, 6.45) is 5.54. The number of methoxy groups -OCH3 is 1. The van der Waals surface area contributed by atoms with Crippen molar-refractivity contribution in [2.75, 3.05) is 26.7 Å². The molecule has 1 aromatic carbocycles. The van der Waals surface area contributed by atoms with Crippen molar-refractivity contribution in [1.82, 2.24) is 10.2 Å². The molecule has 0 bridgehead atoms. The van der Waals surface area contributed by atoms with E-state index in [0.717, 1.165) is 43.8 Å². The van der Waals surface area contributed by atoms with Gasteiger partial charge in [0.15, 0.2) is 11.5 Å². The molecule has 1 saturated carbocycles. The zero-order chi connectivity index (χ0) is 16.1. The first kappa shape index (κ1) is 16.1. The van der Waals surface area contributed by atoms with Crippen LogP contribution in [0.4, 0.5) is 0 Å². The smallest absolute Gasteiger partial charge is 0.207 e. The Morgan fingerprint density at radius 1 is 1.30 bits per heavy atom. The van der Waals surface area contributed by atoms with E-state index in [-0.39, 0.29) is 6.10 Å². The van der Waals surface area contributed by atoms with Crippen molar-refractivity contribution >= 4 is 6.41 Å². The molecular formula is C18H26N2O3. The van der Waals surface area contributed by atoms with Gasteiger partial charge in [0, 0.05) is 18.7 Å². The lowest BCUT2D eigenvalue weighted by atomic mass is 9.82. The maximum absolute atomic E-state index is 10.3. The molecule has 0 aromatic heterocycles. The maximum atomic E-state index is 10.3. The van der Waals surface area contributed by atoms with E-state index in [4.69, 9.17) is 9.47 Å². The standard InChI is InChI=1S/C18H26N2O3/c1-22-18-15(12-20-7-2-3-8-20)5-4-6-17(18)23-16-9-14(10-16)11-19-13-21/h4-6,13-14,16H,2-3,7-12H2,1H3,(H,19,21). The second-order valence-corrected chi connectivity index (χ2v) is 6.54. The number of carbonyl (C=O) groups is 1. The van der Waals surface area contributed by atoms with Crippen LogP contribution in [0.25, 0.3) is 0 Å². The Balaban J connectivity index is 1.59. The summed E-state index contributed by atoms with van der Waals surface area (Å²) in [4.78, 5) is 12.8. The molecule has 2 aliphatic rings. The maximum Gasteiger partial charge on any atom is 0.207 e. The molecule has 0 atom stereocenters. The summed E-state index contributed by atoms with van der Waals surface area (Å²) < 4.78 is 11.8. The summed E-state index contributed by atoms with van der Waals surface area (Å²) in [6, 6.07) is 6.16. The summed E-state index contributed by atoms with van der Waals surface area (Å²) >= 11 is 0. The van der Waals surface area contributed by atoms with Gasteiger partial charge in [-0.2, -0.15) is 0 Å². The van der Waals surface area contributed by atoms with E-state index < -0.39 is 0 Å². The Hall–Kier alpha value is -1.75. The van der Waals surface area contributed by atoms with Gasteiger partial charge >= 0.3 is 0 Å². The van der Waals surface area contributed by atoms with Crippen molar-refractivity contribution in [3.8, 4) is 11.5 Å². The van der Waals surface area contributed by atoms with Gasteiger partial charge < -0.3 is 14.8 Å². The van der Waals surface area contributed by atoms with Crippen molar-refractivity contribution in [3.05, 3.63) is 23.8 Å². The molecule has 5 nitrogen and oxygen atoms in total. The zero-order valence-corrected chi connectivity index (χ0v) is 13.8. The van der Waals surface area contributed by atoms with E-state index in [1.54, 1.807) is 7.11 Å².